The van der Waals surface area contributed by atoms with Crippen LogP contribution in [0.2, 0.25) is 0 Å². The largest absolute Gasteiger partial charge is 0.353 e. The number of nitrogens with zero attached hydrogens (tertiary/aromatic N) is 2. The van der Waals surface area contributed by atoms with E-state index in [0.29, 0.717) is 23.6 Å². The van der Waals surface area contributed by atoms with E-state index < -0.39 is 11.9 Å². The van der Waals surface area contributed by atoms with Crippen molar-refractivity contribution in [3.05, 3.63) is 54.1 Å². The Morgan fingerprint density at radius 3 is 2.53 bits per heavy atom. The van der Waals surface area contributed by atoms with Crippen molar-refractivity contribution >= 4 is 43.0 Å². The summed E-state index contributed by atoms with van der Waals surface area (Å²) in [5.41, 5.74) is 2.88. The number of hydrogen-bond acceptors (Lipinski definition) is 4. The maximum atomic E-state index is 13.5. The topological polar surface area (TPSA) is 69.7 Å². The number of benzene rings is 1. The van der Waals surface area contributed by atoms with Gasteiger partial charge in [-0.2, -0.15) is 0 Å². The fourth-order valence-electron chi connectivity index (χ4n) is 4.83. The van der Waals surface area contributed by atoms with Crippen LogP contribution in [0, 0.1) is 5.92 Å². The Morgan fingerprint density at radius 2 is 1.84 bits per heavy atom. The second kappa shape index (κ2) is 9.69. The molecule has 7 heteroatoms. The molecule has 0 bridgehead atoms. The van der Waals surface area contributed by atoms with Gasteiger partial charge in [0.2, 0.25) is 11.8 Å². The fraction of sp³-hybridized carbons (Fsp3) is 0.400. The zero-order valence-corrected chi connectivity index (χ0v) is 18.3. The number of allylic oxidation sites excluding steroid dienone is 3. The van der Waals surface area contributed by atoms with Crippen LogP contribution in [0.15, 0.2) is 43.0 Å². The lowest BCUT2D eigenvalue weighted by Crippen LogP contribution is -2.53. The summed E-state index contributed by atoms with van der Waals surface area (Å²) >= 11 is 0. The summed E-state index contributed by atoms with van der Waals surface area (Å²) in [6.45, 7) is 5.70. The smallest absolute Gasteiger partial charge is 0.259 e. The molecule has 1 N–H and O–H groups in total. The number of imide groups is 1. The van der Waals surface area contributed by atoms with E-state index in [1.54, 1.807) is 6.08 Å². The van der Waals surface area contributed by atoms with E-state index in [1.807, 2.05) is 35.2 Å². The van der Waals surface area contributed by atoms with Crippen LogP contribution in [0.5, 0.6) is 0 Å². The summed E-state index contributed by atoms with van der Waals surface area (Å²) in [6, 6.07) is 4.93. The summed E-state index contributed by atoms with van der Waals surface area (Å²) in [4.78, 5) is 41.0. The Hall–Kier alpha value is -2.93. The minimum atomic E-state index is -0.696. The van der Waals surface area contributed by atoms with Crippen LogP contribution in [-0.4, -0.2) is 49.6 Å². The molecule has 3 aliphatic heterocycles. The molecule has 6 nitrogen and oxygen atoms in total. The van der Waals surface area contributed by atoms with Crippen molar-refractivity contribution in [2.24, 2.45) is 5.92 Å². The number of carbonyl (C=O) groups excluding carboxylic acids is 3. The Labute approximate surface area is 190 Å². The van der Waals surface area contributed by atoms with Crippen LogP contribution < -0.4 is 10.2 Å². The highest BCUT2D eigenvalue weighted by atomic mass is 16.2. The zero-order valence-electron chi connectivity index (χ0n) is 18.3. The van der Waals surface area contributed by atoms with E-state index in [-0.39, 0.29) is 18.2 Å². The Kier molecular flexibility index (Phi) is 6.75. The zero-order chi connectivity index (χ0) is 22.7. The summed E-state index contributed by atoms with van der Waals surface area (Å²) in [6.07, 6.45) is 12.5. The first-order valence-corrected chi connectivity index (χ1v) is 11.3. The third-order valence-electron chi connectivity index (χ3n) is 6.48. The van der Waals surface area contributed by atoms with Crippen molar-refractivity contribution < 1.29 is 14.4 Å². The highest BCUT2D eigenvalue weighted by Crippen LogP contribution is 2.41. The molecular formula is C25H28BN3O3. The molecular weight excluding hydrogens is 401 g/mol. The number of carbonyl (C=O) groups is 3. The molecule has 3 heterocycles. The van der Waals surface area contributed by atoms with Gasteiger partial charge in [0.05, 0.1) is 5.69 Å². The molecule has 0 aliphatic carbocycles. The standard InChI is InChI=1S/C25H28BN3O3/c1-2-18-10-4-12-20-23(18)19(11-3-7-17-8-5-15-28(26)16-6-9-17)25(32)29(20)21-13-14-22(30)27-24(21)31/h2-4,7,10-12,17,21H,1,5-6,8-9,13-16H2,(H,27,30,31)/b7-3+,19-11+. The van der Waals surface area contributed by atoms with Gasteiger partial charge in [-0.15, -0.1) is 0 Å². The van der Waals surface area contributed by atoms with Crippen molar-refractivity contribution in [3.63, 3.8) is 0 Å². The normalized spacial score (nSPS) is 24.5. The first-order valence-electron chi connectivity index (χ1n) is 11.3. The van der Waals surface area contributed by atoms with Crippen molar-refractivity contribution in [1.29, 1.82) is 0 Å². The van der Waals surface area contributed by atoms with Gasteiger partial charge in [-0.05, 0) is 68.8 Å². The van der Waals surface area contributed by atoms with E-state index in [9.17, 15) is 14.4 Å². The molecule has 2 fully saturated rings. The molecule has 1 atom stereocenters. The predicted octanol–water partition coefficient (Wildman–Crippen LogP) is 3.00. The number of hydrogen-bond donors (Lipinski definition) is 1. The van der Waals surface area contributed by atoms with Crippen molar-refractivity contribution in [2.45, 2.75) is 44.6 Å². The molecule has 3 aliphatic rings. The molecule has 1 aromatic rings. The molecule has 0 spiro atoms. The molecule has 0 aromatic heterocycles. The molecule has 2 saturated heterocycles. The van der Waals surface area contributed by atoms with Gasteiger partial charge in [0, 0.05) is 17.6 Å². The molecule has 1 unspecified atom stereocenters. The quantitative estimate of drug-likeness (QED) is 0.454. The van der Waals surface area contributed by atoms with Crippen LogP contribution in [0.3, 0.4) is 0 Å². The van der Waals surface area contributed by atoms with E-state index in [4.69, 9.17) is 7.98 Å². The molecule has 32 heavy (non-hydrogen) atoms. The average Bonchev–Trinajstić information content (AvgIpc) is 3.03. The monoisotopic (exact) mass is 429 g/mol. The van der Waals surface area contributed by atoms with Crippen molar-refractivity contribution in [2.75, 3.05) is 18.0 Å². The van der Waals surface area contributed by atoms with Crippen molar-refractivity contribution in [1.82, 2.24) is 10.1 Å². The predicted molar refractivity (Wildman–Crippen MR) is 127 cm³/mol. The van der Waals surface area contributed by atoms with Gasteiger partial charge in [0.25, 0.3) is 5.91 Å². The van der Waals surface area contributed by atoms with Crippen molar-refractivity contribution in [3.8, 4) is 0 Å². The van der Waals surface area contributed by atoms with Gasteiger partial charge in [-0.3, -0.25) is 24.6 Å². The highest BCUT2D eigenvalue weighted by Gasteiger charge is 2.42. The summed E-state index contributed by atoms with van der Waals surface area (Å²) in [5.74, 6) is -0.485. The summed E-state index contributed by atoms with van der Waals surface area (Å²) in [5, 5.41) is 2.36. The minimum Gasteiger partial charge on any atom is -0.353 e. The number of rotatable bonds is 4. The first kappa shape index (κ1) is 22.3. The third-order valence-corrected chi connectivity index (χ3v) is 6.48. The Balaban J connectivity index is 1.62. The highest BCUT2D eigenvalue weighted by molar-refractivity contribution is 6.35. The minimum absolute atomic E-state index is 0.218. The summed E-state index contributed by atoms with van der Waals surface area (Å²) in [7, 11) is 5.92. The van der Waals surface area contributed by atoms with E-state index in [1.165, 1.54) is 4.90 Å². The summed E-state index contributed by atoms with van der Waals surface area (Å²) < 4.78 is 0. The number of piperidine rings is 1. The second-order valence-electron chi connectivity index (χ2n) is 8.63. The molecule has 4 rings (SSSR count). The number of nitrogens with one attached hydrogen (secondary N) is 1. The number of anilines is 1. The van der Waals surface area contributed by atoms with Crippen LogP contribution in [0.4, 0.5) is 5.69 Å². The van der Waals surface area contributed by atoms with E-state index in [2.05, 4.69) is 18.0 Å². The van der Waals surface area contributed by atoms with E-state index >= 15 is 0 Å². The SMILES string of the molecule is [B]N1CCCC(/C=C/C=C2/C(=O)N(C3CCC(=O)NC3=O)c3cccc(C=C)c32)CCC1. The molecule has 0 saturated carbocycles. The van der Waals surface area contributed by atoms with Gasteiger partial charge < -0.3 is 4.81 Å². The lowest BCUT2D eigenvalue weighted by molar-refractivity contribution is -0.135. The number of fused-ring (bicyclic) bond motifs is 1. The van der Waals surface area contributed by atoms with Gasteiger partial charge in [-0.1, -0.05) is 36.9 Å². The molecule has 1 aromatic carbocycles. The third kappa shape index (κ3) is 4.48. The molecule has 2 radical (unpaired) electrons. The molecule has 164 valence electrons. The Bertz CT molecular complexity index is 990. The maximum Gasteiger partial charge on any atom is 0.259 e. The Morgan fingerprint density at radius 1 is 1.09 bits per heavy atom. The second-order valence-corrected chi connectivity index (χ2v) is 8.63. The van der Waals surface area contributed by atoms with Crippen LogP contribution >= 0.6 is 0 Å². The number of amides is 3. The van der Waals surface area contributed by atoms with E-state index in [0.717, 1.165) is 49.9 Å². The fourth-order valence-corrected chi connectivity index (χ4v) is 4.83. The van der Waals surface area contributed by atoms with Crippen LogP contribution in [0.25, 0.3) is 11.6 Å². The van der Waals surface area contributed by atoms with Crippen LogP contribution in [-0.2, 0) is 14.4 Å². The first-order chi connectivity index (χ1) is 15.5. The lowest BCUT2D eigenvalue weighted by Gasteiger charge is -2.29. The van der Waals surface area contributed by atoms with Gasteiger partial charge >= 0.3 is 0 Å². The molecule has 3 amide bonds. The van der Waals surface area contributed by atoms with Gasteiger partial charge in [0.1, 0.15) is 6.04 Å². The average molecular weight is 429 g/mol. The van der Waals surface area contributed by atoms with Gasteiger partial charge in [0.15, 0.2) is 7.98 Å². The lowest BCUT2D eigenvalue weighted by atomic mass is 9.93. The van der Waals surface area contributed by atoms with Gasteiger partial charge in [-0.25, -0.2) is 0 Å². The van der Waals surface area contributed by atoms with Crippen LogP contribution in [0.1, 0.15) is 49.7 Å². The maximum absolute atomic E-state index is 13.5.